The Kier molecular flexibility index (Phi) is 3.83. The molecule has 1 fully saturated rings. The highest BCUT2D eigenvalue weighted by molar-refractivity contribution is 6.28. The second-order valence-electron chi connectivity index (χ2n) is 7.82. The minimum atomic E-state index is -1.46. The van der Waals surface area contributed by atoms with Crippen molar-refractivity contribution in [3.05, 3.63) is 58.7 Å². The van der Waals surface area contributed by atoms with Gasteiger partial charge in [0.2, 0.25) is 0 Å². The lowest BCUT2D eigenvalue weighted by Gasteiger charge is -2.41. The summed E-state index contributed by atoms with van der Waals surface area (Å²) in [5.41, 5.74) is -0.564. The zero-order chi connectivity index (χ0) is 19.6. The topological polar surface area (TPSA) is 93.1 Å². The van der Waals surface area contributed by atoms with Crippen LogP contribution in [0.4, 0.5) is 0 Å². The van der Waals surface area contributed by atoms with Gasteiger partial charge >= 0.3 is 0 Å². The van der Waals surface area contributed by atoms with Gasteiger partial charge in [-0.15, -0.1) is 0 Å². The number of carbonyl (C=O) groups excluding carboxylic acids is 2. The molecule has 1 heterocycles. The van der Waals surface area contributed by atoms with Crippen LogP contribution in [-0.2, 0) is 9.47 Å². The van der Waals surface area contributed by atoms with Gasteiger partial charge in [0.1, 0.15) is 11.7 Å². The highest BCUT2D eigenvalue weighted by Crippen LogP contribution is 2.43. The molecule has 4 atom stereocenters. The monoisotopic (exact) mass is 380 g/mol. The standard InChI is InChI=1S/C22H20O6/c1-11-27-10-18(28-11)22(26)8-16-19(17(23)9-22)21(25)15-7-13-5-3-2-4-12(13)6-14(15)20(16)24/h2-7,11,17-18,23,26H,8-10H2,1H3/t11-,17+,18-,22+/m1/s1. The quantitative estimate of drug-likeness (QED) is 0.788. The Hall–Kier alpha value is -2.38. The van der Waals surface area contributed by atoms with Crippen molar-refractivity contribution in [2.24, 2.45) is 0 Å². The summed E-state index contributed by atoms with van der Waals surface area (Å²) in [6, 6.07) is 10.9. The van der Waals surface area contributed by atoms with E-state index < -0.39 is 24.1 Å². The first-order valence-electron chi connectivity index (χ1n) is 9.40. The summed E-state index contributed by atoms with van der Waals surface area (Å²) < 4.78 is 11.0. The van der Waals surface area contributed by atoms with Crippen molar-refractivity contribution in [1.29, 1.82) is 0 Å². The summed E-state index contributed by atoms with van der Waals surface area (Å²) in [6.45, 7) is 1.90. The molecule has 1 aliphatic heterocycles. The van der Waals surface area contributed by atoms with Crippen molar-refractivity contribution >= 4 is 22.3 Å². The lowest BCUT2D eigenvalue weighted by molar-refractivity contribution is -0.126. The first kappa shape index (κ1) is 17.7. The Bertz CT molecular complexity index is 1050. The van der Waals surface area contributed by atoms with E-state index in [1.54, 1.807) is 19.1 Å². The maximum atomic E-state index is 13.2. The maximum absolute atomic E-state index is 13.2. The molecule has 0 bridgehead atoms. The molecule has 6 nitrogen and oxygen atoms in total. The Balaban J connectivity index is 1.60. The predicted molar refractivity (Wildman–Crippen MR) is 100 cm³/mol. The normalized spacial score (nSPS) is 32.6. The van der Waals surface area contributed by atoms with Crippen LogP contribution in [0, 0.1) is 0 Å². The fraction of sp³-hybridized carbons (Fsp3) is 0.364. The summed E-state index contributed by atoms with van der Waals surface area (Å²) in [6.07, 6.45) is -2.47. The molecule has 1 saturated heterocycles. The minimum Gasteiger partial charge on any atom is -0.388 e. The van der Waals surface area contributed by atoms with Crippen molar-refractivity contribution in [1.82, 2.24) is 0 Å². The van der Waals surface area contributed by atoms with E-state index in [9.17, 15) is 19.8 Å². The van der Waals surface area contributed by atoms with Crippen LogP contribution in [0.15, 0.2) is 47.5 Å². The lowest BCUT2D eigenvalue weighted by Crippen LogP contribution is -2.52. The summed E-state index contributed by atoms with van der Waals surface area (Å²) in [5, 5.41) is 23.6. The average molecular weight is 380 g/mol. The number of aliphatic hydroxyl groups excluding tert-OH is 1. The second-order valence-corrected chi connectivity index (χ2v) is 7.82. The molecule has 2 aromatic rings. The molecule has 144 valence electrons. The summed E-state index contributed by atoms with van der Waals surface area (Å²) in [4.78, 5) is 26.4. The zero-order valence-corrected chi connectivity index (χ0v) is 15.3. The molecule has 0 spiro atoms. The van der Waals surface area contributed by atoms with Gasteiger partial charge in [0, 0.05) is 35.1 Å². The van der Waals surface area contributed by atoms with Crippen LogP contribution in [0.25, 0.3) is 10.8 Å². The Labute approximate surface area is 161 Å². The van der Waals surface area contributed by atoms with Gasteiger partial charge in [-0.1, -0.05) is 24.3 Å². The van der Waals surface area contributed by atoms with Gasteiger partial charge in [-0.2, -0.15) is 0 Å². The van der Waals surface area contributed by atoms with E-state index in [4.69, 9.17) is 9.47 Å². The van der Waals surface area contributed by atoms with E-state index >= 15 is 0 Å². The van der Waals surface area contributed by atoms with Crippen LogP contribution in [0.1, 0.15) is 40.5 Å². The maximum Gasteiger partial charge on any atom is 0.192 e. The summed E-state index contributed by atoms with van der Waals surface area (Å²) in [7, 11) is 0. The lowest BCUT2D eigenvalue weighted by atomic mass is 9.69. The van der Waals surface area contributed by atoms with Crippen LogP contribution in [0.5, 0.6) is 0 Å². The number of aliphatic hydroxyl groups is 2. The Morgan fingerprint density at radius 2 is 1.71 bits per heavy atom. The smallest absolute Gasteiger partial charge is 0.192 e. The number of hydrogen-bond acceptors (Lipinski definition) is 6. The van der Waals surface area contributed by atoms with Crippen molar-refractivity contribution in [2.45, 2.75) is 43.9 Å². The first-order valence-corrected chi connectivity index (χ1v) is 9.40. The number of hydrogen-bond donors (Lipinski definition) is 2. The van der Waals surface area contributed by atoms with Gasteiger partial charge in [0.15, 0.2) is 17.9 Å². The van der Waals surface area contributed by atoms with Gasteiger partial charge in [-0.05, 0) is 29.8 Å². The van der Waals surface area contributed by atoms with Crippen molar-refractivity contribution < 1.29 is 29.3 Å². The summed E-state index contributed by atoms with van der Waals surface area (Å²) >= 11 is 0. The van der Waals surface area contributed by atoms with Gasteiger partial charge in [-0.25, -0.2) is 0 Å². The molecular formula is C22H20O6. The molecule has 2 N–H and O–H groups in total. The van der Waals surface area contributed by atoms with Crippen LogP contribution in [0.2, 0.25) is 0 Å². The van der Waals surface area contributed by atoms with Crippen LogP contribution < -0.4 is 0 Å². The van der Waals surface area contributed by atoms with Crippen molar-refractivity contribution in [2.75, 3.05) is 6.61 Å². The van der Waals surface area contributed by atoms with E-state index in [0.29, 0.717) is 11.1 Å². The zero-order valence-electron chi connectivity index (χ0n) is 15.3. The number of rotatable bonds is 1. The largest absolute Gasteiger partial charge is 0.388 e. The molecule has 5 rings (SSSR count). The third kappa shape index (κ3) is 2.49. The highest BCUT2D eigenvalue weighted by Gasteiger charge is 2.51. The number of ether oxygens (including phenoxy) is 2. The number of carbonyl (C=O) groups is 2. The molecular weight excluding hydrogens is 360 g/mol. The fourth-order valence-corrected chi connectivity index (χ4v) is 4.59. The van der Waals surface area contributed by atoms with E-state index in [1.165, 1.54) is 0 Å². The number of fused-ring (bicyclic) bond motifs is 2. The van der Waals surface area contributed by atoms with E-state index in [1.807, 2.05) is 24.3 Å². The number of benzene rings is 2. The van der Waals surface area contributed by atoms with Gasteiger partial charge in [0.25, 0.3) is 0 Å². The van der Waals surface area contributed by atoms with Crippen molar-refractivity contribution in [3.8, 4) is 0 Å². The highest BCUT2D eigenvalue weighted by atomic mass is 16.7. The Morgan fingerprint density at radius 3 is 2.32 bits per heavy atom. The fourth-order valence-electron chi connectivity index (χ4n) is 4.59. The van der Waals surface area contributed by atoms with E-state index in [0.717, 1.165) is 10.8 Å². The molecule has 0 saturated carbocycles. The Morgan fingerprint density at radius 1 is 1.07 bits per heavy atom. The molecule has 0 aromatic heterocycles. The first-order chi connectivity index (χ1) is 13.4. The average Bonchev–Trinajstić information content (AvgIpc) is 3.12. The molecule has 6 heteroatoms. The SMILES string of the molecule is C[C@@H]1OC[C@H]([C@]2(O)CC3=C(C(=O)c4cc5ccccc5cc4C3=O)[C@@H](O)C2)O1. The third-order valence-corrected chi connectivity index (χ3v) is 6.02. The van der Waals surface area contributed by atoms with Crippen LogP contribution >= 0.6 is 0 Å². The van der Waals surface area contributed by atoms with E-state index in [2.05, 4.69) is 0 Å². The van der Waals surface area contributed by atoms with Crippen LogP contribution in [0.3, 0.4) is 0 Å². The molecule has 0 radical (unpaired) electrons. The van der Waals surface area contributed by atoms with Gasteiger partial charge in [-0.3, -0.25) is 9.59 Å². The second kappa shape index (κ2) is 6.06. The van der Waals surface area contributed by atoms with Gasteiger partial charge in [0.05, 0.1) is 12.7 Å². The minimum absolute atomic E-state index is 0.0447. The van der Waals surface area contributed by atoms with Crippen LogP contribution in [-0.4, -0.2) is 52.5 Å². The molecule has 2 aromatic carbocycles. The molecule has 3 aliphatic rings. The molecule has 0 amide bonds. The third-order valence-electron chi connectivity index (χ3n) is 6.02. The molecule has 0 unspecified atom stereocenters. The number of Topliss-reactive ketones (excluding diaryl/α,β-unsaturated/α-hetero) is 2. The molecule has 28 heavy (non-hydrogen) atoms. The number of ketones is 2. The van der Waals surface area contributed by atoms with Gasteiger partial charge < -0.3 is 19.7 Å². The van der Waals surface area contributed by atoms with E-state index in [-0.39, 0.29) is 42.2 Å². The molecule has 2 aliphatic carbocycles. The van der Waals surface area contributed by atoms with Crippen molar-refractivity contribution in [3.63, 3.8) is 0 Å². The summed E-state index contributed by atoms with van der Waals surface area (Å²) in [5.74, 6) is -0.665. The predicted octanol–water partition coefficient (Wildman–Crippen LogP) is 2.16.